The molecule has 0 saturated carbocycles. The number of hydrogen-bond donors (Lipinski definition) is 2. The Labute approximate surface area is 99.2 Å². The van der Waals surface area contributed by atoms with Crippen LogP contribution in [0, 0.1) is 0 Å². The smallest absolute Gasteiger partial charge is 0.407 e. The quantitative estimate of drug-likeness (QED) is 0.856. The summed E-state index contributed by atoms with van der Waals surface area (Å²) in [6.45, 7) is 5.54. The van der Waals surface area contributed by atoms with Crippen LogP contribution in [0.3, 0.4) is 0 Å². The van der Waals surface area contributed by atoms with Crippen molar-refractivity contribution in [1.82, 2.24) is 5.32 Å². The van der Waals surface area contributed by atoms with Gasteiger partial charge in [0, 0.05) is 0 Å². The maximum absolute atomic E-state index is 11.3. The van der Waals surface area contributed by atoms with Crippen LogP contribution in [0.2, 0.25) is 0 Å². The lowest BCUT2D eigenvalue weighted by atomic mass is 10.2. The van der Waals surface area contributed by atoms with Gasteiger partial charge in [-0.1, -0.05) is 0 Å². The number of nitrogens with one attached hydrogen (secondary N) is 1. The van der Waals surface area contributed by atoms with Crippen molar-refractivity contribution in [3.05, 3.63) is 22.4 Å². The van der Waals surface area contributed by atoms with Crippen molar-refractivity contribution < 1.29 is 14.6 Å². The van der Waals surface area contributed by atoms with Crippen molar-refractivity contribution in [2.75, 3.05) is 6.54 Å². The monoisotopic (exact) mass is 243 g/mol. The highest BCUT2D eigenvalue weighted by atomic mass is 32.1. The molecule has 1 aromatic heterocycles. The third kappa shape index (κ3) is 4.63. The molecular weight excluding hydrogens is 226 g/mol. The minimum atomic E-state index is -0.682. The van der Waals surface area contributed by atoms with Crippen molar-refractivity contribution in [3.63, 3.8) is 0 Å². The summed E-state index contributed by atoms with van der Waals surface area (Å²) in [7, 11) is 0. The Bertz CT molecular complexity index is 329. The Morgan fingerprint density at radius 3 is 2.81 bits per heavy atom. The summed E-state index contributed by atoms with van der Waals surface area (Å²) in [6, 6.07) is 1.83. The van der Waals surface area contributed by atoms with Gasteiger partial charge in [-0.05, 0) is 43.2 Å². The number of alkyl carbamates (subject to hydrolysis) is 1. The van der Waals surface area contributed by atoms with E-state index in [1.807, 2.05) is 16.8 Å². The average molecular weight is 243 g/mol. The van der Waals surface area contributed by atoms with Crippen molar-refractivity contribution in [2.45, 2.75) is 32.5 Å². The van der Waals surface area contributed by atoms with E-state index >= 15 is 0 Å². The average Bonchev–Trinajstić information content (AvgIpc) is 2.64. The van der Waals surface area contributed by atoms with Gasteiger partial charge < -0.3 is 15.2 Å². The number of carbonyl (C=O) groups excluding carboxylic acids is 1. The number of ether oxygens (including phenoxy) is 1. The third-order valence-corrected chi connectivity index (χ3v) is 2.47. The van der Waals surface area contributed by atoms with Crippen LogP contribution >= 0.6 is 11.3 Å². The van der Waals surface area contributed by atoms with E-state index in [9.17, 15) is 9.90 Å². The lowest BCUT2D eigenvalue weighted by molar-refractivity contribution is 0.0492. The van der Waals surface area contributed by atoms with E-state index < -0.39 is 17.8 Å². The standard InChI is InChI=1S/C11H17NO3S/c1-11(2,3)15-10(14)12-6-9(13)8-4-5-16-7-8/h4-5,7,9,13H,6H2,1-3H3,(H,12,14)/t9-/m0/s1. The minimum absolute atomic E-state index is 0.158. The lowest BCUT2D eigenvalue weighted by Crippen LogP contribution is -2.34. The van der Waals surface area contributed by atoms with E-state index in [0.29, 0.717) is 0 Å². The van der Waals surface area contributed by atoms with Crippen LogP contribution in [0.4, 0.5) is 4.79 Å². The summed E-state index contributed by atoms with van der Waals surface area (Å²) in [5.74, 6) is 0. The molecule has 0 aliphatic rings. The Kier molecular flexibility index (Phi) is 4.32. The molecule has 0 bridgehead atoms. The zero-order valence-corrected chi connectivity index (χ0v) is 10.5. The van der Waals surface area contributed by atoms with E-state index in [2.05, 4.69) is 5.32 Å². The molecule has 16 heavy (non-hydrogen) atoms. The van der Waals surface area contributed by atoms with Crippen molar-refractivity contribution in [2.24, 2.45) is 0 Å². The molecule has 0 aromatic carbocycles. The van der Waals surface area contributed by atoms with Gasteiger partial charge in [-0.25, -0.2) is 4.79 Å². The van der Waals surface area contributed by atoms with Gasteiger partial charge in [-0.15, -0.1) is 0 Å². The summed E-state index contributed by atoms with van der Waals surface area (Å²) in [5.41, 5.74) is 0.290. The molecule has 1 amide bonds. The summed E-state index contributed by atoms with van der Waals surface area (Å²) in [5, 5.41) is 15.9. The number of aliphatic hydroxyl groups is 1. The van der Waals surface area contributed by atoms with E-state index in [1.54, 1.807) is 20.8 Å². The first-order chi connectivity index (χ1) is 7.38. The van der Waals surface area contributed by atoms with Crippen molar-refractivity contribution in [1.29, 1.82) is 0 Å². The van der Waals surface area contributed by atoms with Crippen LogP contribution in [0.15, 0.2) is 16.8 Å². The number of rotatable bonds is 3. The maximum atomic E-state index is 11.3. The zero-order valence-electron chi connectivity index (χ0n) is 9.69. The second-order valence-corrected chi connectivity index (χ2v) is 5.24. The Balaban J connectivity index is 2.32. The number of aliphatic hydroxyl groups excluding tert-OH is 1. The molecule has 2 N–H and O–H groups in total. The largest absolute Gasteiger partial charge is 0.444 e. The zero-order chi connectivity index (χ0) is 12.2. The molecular formula is C11H17NO3S. The molecule has 1 heterocycles. The summed E-state index contributed by atoms with van der Waals surface area (Å²) < 4.78 is 5.05. The van der Waals surface area contributed by atoms with Crippen LogP contribution in [0.25, 0.3) is 0 Å². The van der Waals surface area contributed by atoms with E-state index in [1.165, 1.54) is 11.3 Å². The molecule has 0 saturated heterocycles. The number of thiophene rings is 1. The Morgan fingerprint density at radius 1 is 1.62 bits per heavy atom. The highest BCUT2D eigenvalue weighted by Crippen LogP contribution is 2.15. The molecule has 1 atom stereocenters. The summed E-state index contributed by atoms with van der Waals surface area (Å²) in [4.78, 5) is 11.3. The fourth-order valence-corrected chi connectivity index (χ4v) is 1.78. The molecule has 0 spiro atoms. The van der Waals surface area contributed by atoms with Gasteiger partial charge in [0.2, 0.25) is 0 Å². The minimum Gasteiger partial charge on any atom is -0.444 e. The third-order valence-electron chi connectivity index (χ3n) is 1.77. The fourth-order valence-electron chi connectivity index (χ4n) is 1.08. The molecule has 4 nitrogen and oxygen atoms in total. The van der Waals surface area contributed by atoms with Gasteiger partial charge in [0.1, 0.15) is 5.60 Å². The highest BCUT2D eigenvalue weighted by molar-refractivity contribution is 7.07. The first-order valence-electron chi connectivity index (χ1n) is 5.05. The molecule has 5 heteroatoms. The lowest BCUT2D eigenvalue weighted by Gasteiger charge is -2.20. The summed E-state index contributed by atoms with van der Waals surface area (Å²) in [6.07, 6.45) is -1.19. The first kappa shape index (κ1) is 13.0. The molecule has 0 fully saturated rings. The fraction of sp³-hybridized carbons (Fsp3) is 0.545. The Morgan fingerprint density at radius 2 is 2.31 bits per heavy atom. The van der Waals surface area contributed by atoms with Crippen LogP contribution < -0.4 is 5.32 Å². The maximum Gasteiger partial charge on any atom is 0.407 e. The SMILES string of the molecule is CC(C)(C)OC(=O)NC[C@H](O)c1ccsc1. The van der Waals surface area contributed by atoms with Crippen LogP contribution in [0.5, 0.6) is 0 Å². The molecule has 1 aromatic rings. The molecule has 0 radical (unpaired) electrons. The van der Waals surface area contributed by atoms with Gasteiger partial charge in [-0.2, -0.15) is 11.3 Å². The molecule has 90 valence electrons. The van der Waals surface area contributed by atoms with Crippen LogP contribution in [0.1, 0.15) is 32.4 Å². The van der Waals surface area contributed by atoms with Gasteiger partial charge in [0.15, 0.2) is 0 Å². The van der Waals surface area contributed by atoms with Crippen molar-refractivity contribution in [3.8, 4) is 0 Å². The van der Waals surface area contributed by atoms with Gasteiger partial charge in [0.25, 0.3) is 0 Å². The first-order valence-corrected chi connectivity index (χ1v) is 6.00. The second-order valence-electron chi connectivity index (χ2n) is 4.46. The van der Waals surface area contributed by atoms with Gasteiger partial charge in [-0.3, -0.25) is 0 Å². The second kappa shape index (κ2) is 5.32. The molecule has 0 unspecified atom stereocenters. The normalized spacial score (nSPS) is 13.2. The van der Waals surface area contributed by atoms with Crippen LogP contribution in [-0.2, 0) is 4.74 Å². The van der Waals surface area contributed by atoms with Crippen molar-refractivity contribution >= 4 is 17.4 Å². The number of amides is 1. The predicted molar refractivity (Wildman–Crippen MR) is 63.5 cm³/mol. The highest BCUT2D eigenvalue weighted by Gasteiger charge is 2.17. The van der Waals surface area contributed by atoms with Gasteiger partial charge in [0.05, 0.1) is 12.6 Å². The van der Waals surface area contributed by atoms with E-state index in [4.69, 9.17) is 4.74 Å². The summed E-state index contributed by atoms with van der Waals surface area (Å²) >= 11 is 1.51. The number of carbonyl (C=O) groups is 1. The van der Waals surface area contributed by atoms with E-state index in [-0.39, 0.29) is 6.54 Å². The molecule has 0 aliphatic carbocycles. The molecule has 0 aliphatic heterocycles. The van der Waals surface area contributed by atoms with E-state index in [0.717, 1.165) is 5.56 Å². The van der Waals surface area contributed by atoms with Crippen LogP contribution in [-0.4, -0.2) is 23.3 Å². The van der Waals surface area contributed by atoms with Gasteiger partial charge >= 0.3 is 6.09 Å². The Hall–Kier alpha value is -1.07. The molecule has 1 rings (SSSR count). The predicted octanol–water partition coefficient (Wildman–Crippen LogP) is 2.31. The topological polar surface area (TPSA) is 58.6 Å². The number of hydrogen-bond acceptors (Lipinski definition) is 4.